The Kier molecular flexibility index (Phi) is 2.65. The van der Waals surface area contributed by atoms with Crippen molar-refractivity contribution in [3.63, 3.8) is 0 Å². The highest BCUT2D eigenvalue weighted by Crippen LogP contribution is 2.15. The van der Waals surface area contributed by atoms with E-state index in [9.17, 15) is 0 Å². The fourth-order valence-corrected chi connectivity index (χ4v) is 1.59. The van der Waals surface area contributed by atoms with E-state index in [4.69, 9.17) is 5.73 Å². The first kappa shape index (κ1) is 8.27. The quantitative estimate of drug-likeness (QED) is 0.532. The predicted molar refractivity (Wildman–Crippen MR) is 50.1 cm³/mol. The Labute approximate surface area is 70.8 Å². The van der Waals surface area contributed by atoms with Gasteiger partial charge in [-0.25, -0.2) is 0 Å². The molecule has 2 nitrogen and oxygen atoms in total. The van der Waals surface area contributed by atoms with Crippen LogP contribution in [0.1, 0.15) is 16.7 Å². The first-order valence-corrected chi connectivity index (χ1v) is 4.32. The number of thiophene rings is 1. The van der Waals surface area contributed by atoms with E-state index in [0.717, 1.165) is 6.54 Å². The molecule has 1 aromatic rings. The van der Waals surface area contributed by atoms with Crippen LogP contribution in [0.3, 0.4) is 0 Å². The molecule has 0 aromatic carbocycles. The highest BCUT2D eigenvalue weighted by molar-refractivity contribution is 7.11. The van der Waals surface area contributed by atoms with Crippen LogP contribution in [0.4, 0.5) is 0 Å². The number of nitrogens with zero attached hydrogens (tertiary/aromatic N) is 1. The van der Waals surface area contributed by atoms with E-state index in [-0.39, 0.29) is 0 Å². The van der Waals surface area contributed by atoms with Gasteiger partial charge in [-0.3, -0.25) is 4.99 Å². The van der Waals surface area contributed by atoms with Crippen LogP contribution in [0.15, 0.2) is 17.1 Å². The van der Waals surface area contributed by atoms with E-state index < -0.39 is 0 Å². The van der Waals surface area contributed by atoms with Crippen LogP contribution in [0.5, 0.6) is 0 Å². The van der Waals surface area contributed by atoms with Gasteiger partial charge in [0.25, 0.3) is 0 Å². The van der Waals surface area contributed by atoms with E-state index >= 15 is 0 Å². The van der Waals surface area contributed by atoms with Crippen LogP contribution < -0.4 is 5.73 Å². The summed E-state index contributed by atoms with van der Waals surface area (Å²) in [7, 11) is 0. The molecule has 0 amide bonds. The standard InChI is InChI=1S/C8H12N2S/c1-6-3-4-8(11-6)5-10-7(2)9/h3-4H,5H2,1-2H3,(H2,9,10). The van der Waals surface area contributed by atoms with Gasteiger partial charge in [0.15, 0.2) is 0 Å². The zero-order valence-corrected chi connectivity index (χ0v) is 7.61. The maximum atomic E-state index is 5.40. The molecule has 1 rings (SSSR count). The normalized spacial score (nSPS) is 12.0. The number of nitrogens with two attached hydrogens (primary N) is 1. The maximum Gasteiger partial charge on any atom is 0.0910 e. The summed E-state index contributed by atoms with van der Waals surface area (Å²) >= 11 is 1.77. The number of amidine groups is 1. The molecule has 0 aliphatic rings. The molecule has 0 saturated carbocycles. The molecule has 0 saturated heterocycles. The van der Waals surface area contributed by atoms with Crippen molar-refractivity contribution in [2.24, 2.45) is 10.7 Å². The second kappa shape index (κ2) is 3.53. The molecule has 0 bridgehead atoms. The Morgan fingerprint density at radius 2 is 2.36 bits per heavy atom. The van der Waals surface area contributed by atoms with Crippen molar-refractivity contribution in [1.82, 2.24) is 0 Å². The predicted octanol–water partition coefficient (Wildman–Crippen LogP) is 1.93. The summed E-state index contributed by atoms with van der Waals surface area (Å²) < 4.78 is 0. The number of aliphatic imine (C=N–C) groups is 1. The summed E-state index contributed by atoms with van der Waals surface area (Å²) in [5.74, 6) is 0.649. The summed E-state index contributed by atoms with van der Waals surface area (Å²) in [4.78, 5) is 6.71. The van der Waals surface area contributed by atoms with Crippen LogP contribution in [0, 0.1) is 6.92 Å². The lowest BCUT2D eigenvalue weighted by Gasteiger charge is -1.89. The Balaban J connectivity index is 2.58. The third-order valence-electron chi connectivity index (χ3n) is 1.28. The van der Waals surface area contributed by atoms with Crippen LogP contribution in [-0.2, 0) is 6.54 Å². The lowest BCUT2D eigenvalue weighted by molar-refractivity contribution is 1.09. The van der Waals surface area contributed by atoms with Crippen LogP contribution >= 0.6 is 11.3 Å². The molecule has 2 N–H and O–H groups in total. The average molecular weight is 168 g/mol. The molecule has 0 atom stereocenters. The van der Waals surface area contributed by atoms with Gasteiger partial charge in [-0.2, -0.15) is 0 Å². The third-order valence-corrected chi connectivity index (χ3v) is 2.27. The van der Waals surface area contributed by atoms with Crippen molar-refractivity contribution in [3.8, 4) is 0 Å². The molecule has 0 unspecified atom stereocenters. The fraction of sp³-hybridized carbons (Fsp3) is 0.375. The first-order chi connectivity index (χ1) is 5.18. The molecular weight excluding hydrogens is 156 g/mol. The van der Waals surface area contributed by atoms with Gasteiger partial charge in [-0.05, 0) is 26.0 Å². The van der Waals surface area contributed by atoms with Crippen molar-refractivity contribution in [3.05, 3.63) is 21.9 Å². The molecular formula is C8H12N2S. The second-order valence-electron chi connectivity index (χ2n) is 2.47. The lowest BCUT2D eigenvalue weighted by Crippen LogP contribution is -2.04. The van der Waals surface area contributed by atoms with Crippen LogP contribution in [0.2, 0.25) is 0 Å². The smallest absolute Gasteiger partial charge is 0.0910 e. The summed E-state index contributed by atoms with van der Waals surface area (Å²) in [5.41, 5.74) is 5.40. The van der Waals surface area contributed by atoms with Crippen LogP contribution in [0.25, 0.3) is 0 Å². The minimum absolute atomic E-state index is 0.649. The summed E-state index contributed by atoms with van der Waals surface area (Å²) in [6, 6.07) is 4.19. The topological polar surface area (TPSA) is 38.4 Å². The number of hydrogen-bond donors (Lipinski definition) is 1. The molecule has 0 fully saturated rings. The van der Waals surface area contributed by atoms with Gasteiger partial charge < -0.3 is 5.73 Å². The molecule has 0 spiro atoms. The van der Waals surface area contributed by atoms with Crippen molar-refractivity contribution < 1.29 is 0 Å². The minimum Gasteiger partial charge on any atom is -0.388 e. The van der Waals surface area contributed by atoms with Crippen molar-refractivity contribution >= 4 is 17.2 Å². The Hall–Kier alpha value is -0.830. The number of rotatable bonds is 2. The Morgan fingerprint density at radius 3 is 2.82 bits per heavy atom. The van der Waals surface area contributed by atoms with E-state index in [0.29, 0.717) is 5.84 Å². The number of hydrogen-bond acceptors (Lipinski definition) is 2. The van der Waals surface area contributed by atoms with Gasteiger partial charge in [-0.15, -0.1) is 11.3 Å². The second-order valence-corrected chi connectivity index (χ2v) is 3.84. The molecule has 60 valence electrons. The molecule has 0 aliphatic carbocycles. The molecule has 1 aromatic heterocycles. The largest absolute Gasteiger partial charge is 0.388 e. The molecule has 1 heterocycles. The maximum absolute atomic E-state index is 5.40. The van der Waals surface area contributed by atoms with Gasteiger partial charge in [-0.1, -0.05) is 0 Å². The highest BCUT2D eigenvalue weighted by Gasteiger charge is 1.93. The zero-order chi connectivity index (χ0) is 8.27. The minimum atomic E-state index is 0.649. The monoisotopic (exact) mass is 168 g/mol. The molecule has 3 heteroatoms. The summed E-state index contributed by atoms with van der Waals surface area (Å²) in [6.07, 6.45) is 0. The molecule has 11 heavy (non-hydrogen) atoms. The van der Waals surface area contributed by atoms with Gasteiger partial charge in [0.05, 0.1) is 12.4 Å². The first-order valence-electron chi connectivity index (χ1n) is 3.50. The molecule has 0 radical (unpaired) electrons. The van der Waals surface area contributed by atoms with Gasteiger partial charge >= 0.3 is 0 Å². The van der Waals surface area contributed by atoms with Crippen molar-refractivity contribution in [2.45, 2.75) is 20.4 Å². The van der Waals surface area contributed by atoms with Crippen molar-refractivity contribution in [1.29, 1.82) is 0 Å². The van der Waals surface area contributed by atoms with E-state index in [1.807, 2.05) is 0 Å². The Morgan fingerprint density at radius 1 is 1.64 bits per heavy atom. The Bertz CT molecular complexity index is 259. The average Bonchev–Trinajstić information content (AvgIpc) is 2.31. The van der Waals surface area contributed by atoms with E-state index in [1.54, 1.807) is 18.3 Å². The zero-order valence-electron chi connectivity index (χ0n) is 6.79. The third kappa shape index (κ3) is 2.72. The summed E-state index contributed by atoms with van der Waals surface area (Å²) in [6.45, 7) is 4.62. The van der Waals surface area contributed by atoms with Gasteiger partial charge in [0, 0.05) is 9.75 Å². The van der Waals surface area contributed by atoms with Crippen LogP contribution in [-0.4, -0.2) is 5.84 Å². The fourth-order valence-electron chi connectivity index (χ4n) is 0.773. The van der Waals surface area contributed by atoms with Gasteiger partial charge in [0.1, 0.15) is 0 Å². The SMILES string of the molecule is CC(N)=NCc1ccc(C)s1. The number of aryl methyl sites for hydroxylation is 1. The molecule has 0 aliphatic heterocycles. The highest BCUT2D eigenvalue weighted by atomic mass is 32.1. The summed E-state index contributed by atoms with van der Waals surface area (Å²) in [5, 5.41) is 0. The van der Waals surface area contributed by atoms with Crippen molar-refractivity contribution in [2.75, 3.05) is 0 Å². The van der Waals surface area contributed by atoms with E-state index in [1.165, 1.54) is 9.75 Å². The van der Waals surface area contributed by atoms with E-state index in [2.05, 4.69) is 24.0 Å². The van der Waals surface area contributed by atoms with Gasteiger partial charge in [0.2, 0.25) is 0 Å². The lowest BCUT2D eigenvalue weighted by atomic mass is 10.4.